The number of pyridine rings is 1. The fourth-order valence-electron chi connectivity index (χ4n) is 1.93. The molecule has 0 saturated carbocycles. The van der Waals surface area contributed by atoms with Crippen LogP contribution in [0.25, 0.3) is 0 Å². The second-order valence-electron chi connectivity index (χ2n) is 4.71. The predicted octanol–water partition coefficient (Wildman–Crippen LogP) is 3.74. The van der Waals surface area contributed by atoms with Crippen LogP contribution in [0.5, 0.6) is 0 Å². The van der Waals surface area contributed by atoms with E-state index in [1.54, 1.807) is 19.1 Å². The van der Waals surface area contributed by atoms with Crippen LogP contribution in [0.3, 0.4) is 0 Å². The number of amides is 1. The molecule has 0 aliphatic rings. The van der Waals surface area contributed by atoms with Gasteiger partial charge < -0.3 is 10.1 Å². The van der Waals surface area contributed by atoms with Crippen molar-refractivity contribution >= 4 is 29.3 Å². The molecule has 1 amide bonds. The van der Waals surface area contributed by atoms with Gasteiger partial charge in [0.05, 0.1) is 18.2 Å². The lowest BCUT2D eigenvalue weighted by Gasteiger charge is -2.11. The molecule has 0 aliphatic carbocycles. The molecule has 1 aromatic heterocycles. The SMILES string of the molecule is COC(=O)c1ccc(C)c(NC(=O)c2cccnc2SC(F)F)c1. The molecule has 2 rings (SSSR count). The van der Waals surface area contributed by atoms with E-state index in [0.717, 1.165) is 0 Å². The van der Waals surface area contributed by atoms with Crippen LogP contribution in [-0.4, -0.2) is 29.7 Å². The first kappa shape index (κ1) is 17.9. The molecule has 1 heterocycles. The first-order chi connectivity index (χ1) is 11.4. The molecule has 0 radical (unpaired) electrons. The topological polar surface area (TPSA) is 68.3 Å². The molecule has 126 valence electrons. The zero-order valence-corrected chi connectivity index (χ0v) is 13.7. The van der Waals surface area contributed by atoms with Crippen LogP contribution in [0.1, 0.15) is 26.3 Å². The minimum atomic E-state index is -2.68. The quantitative estimate of drug-likeness (QED) is 0.656. The van der Waals surface area contributed by atoms with Crippen molar-refractivity contribution in [3.05, 3.63) is 53.2 Å². The smallest absolute Gasteiger partial charge is 0.337 e. The van der Waals surface area contributed by atoms with Gasteiger partial charge in [0, 0.05) is 11.9 Å². The van der Waals surface area contributed by atoms with E-state index in [9.17, 15) is 18.4 Å². The van der Waals surface area contributed by atoms with Crippen LogP contribution < -0.4 is 5.32 Å². The number of rotatable bonds is 5. The fourth-order valence-corrected chi connectivity index (χ4v) is 2.51. The molecule has 24 heavy (non-hydrogen) atoms. The van der Waals surface area contributed by atoms with Crippen molar-refractivity contribution in [2.24, 2.45) is 0 Å². The highest BCUT2D eigenvalue weighted by molar-refractivity contribution is 7.99. The number of hydrogen-bond donors (Lipinski definition) is 1. The van der Waals surface area contributed by atoms with Gasteiger partial charge in [-0.2, -0.15) is 8.78 Å². The Morgan fingerprint density at radius 1 is 1.29 bits per heavy atom. The summed E-state index contributed by atoms with van der Waals surface area (Å²) in [6.45, 7) is 1.74. The lowest BCUT2D eigenvalue weighted by molar-refractivity contribution is 0.0600. The zero-order valence-electron chi connectivity index (χ0n) is 12.9. The molecule has 0 atom stereocenters. The Morgan fingerprint density at radius 3 is 2.71 bits per heavy atom. The van der Waals surface area contributed by atoms with Crippen LogP contribution in [0, 0.1) is 6.92 Å². The summed E-state index contributed by atoms with van der Waals surface area (Å²) in [7, 11) is 1.25. The maximum atomic E-state index is 12.6. The number of alkyl halides is 2. The van der Waals surface area contributed by atoms with Gasteiger partial charge in [0.25, 0.3) is 11.7 Å². The van der Waals surface area contributed by atoms with Gasteiger partial charge in [0.15, 0.2) is 0 Å². The molecule has 8 heteroatoms. The van der Waals surface area contributed by atoms with Gasteiger partial charge in [-0.3, -0.25) is 4.79 Å². The van der Waals surface area contributed by atoms with E-state index in [1.807, 2.05) is 0 Å². The zero-order chi connectivity index (χ0) is 17.7. The van der Waals surface area contributed by atoms with Gasteiger partial charge in [0.1, 0.15) is 5.03 Å². The Morgan fingerprint density at radius 2 is 2.04 bits per heavy atom. The van der Waals surface area contributed by atoms with Crippen LogP contribution in [0.2, 0.25) is 0 Å². The second-order valence-corrected chi connectivity index (χ2v) is 5.69. The molecule has 5 nitrogen and oxygen atoms in total. The number of halogens is 2. The summed E-state index contributed by atoms with van der Waals surface area (Å²) in [5, 5.41) is 2.55. The van der Waals surface area contributed by atoms with Crippen LogP contribution in [0.15, 0.2) is 41.6 Å². The standard InChI is InChI=1S/C16H14F2N2O3S/c1-9-5-6-10(15(22)23-2)8-12(9)20-13(21)11-4-3-7-19-14(11)24-16(17)18/h3-8,16H,1-2H3,(H,20,21). The molecule has 0 fully saturated rings. The largest absolute Gasteiger partial charge is 0.465 e. The highest BCUT2D eigenvalue weighted by Gasteiger charge is 2.18. The average molecular weight is 352 g/mol. The van der Waals surface area contributed by atoms with Crippen LogP contribution in [-0.2, 0) is 4.74 Å². The number of benzene rings is 1. The number of hydrogen-bond acceptors (Lipinski definition) is 5. The van der Waals surface area contributed by atoms with E-state index in [-0.39, 0.29) is 27.9 Å². The van der Waals surface area contributed by atoms with Gasteiger partial charge >= 0.3 is 5.97 Å². The number of methoxy groups -OCH3 is 1. The molecule has 0 spiro atoms. The Kier molecular flexibility index (Phi) is 5.86. The predicted molar refractivity (Wildman–Crippen MR) is 86.6 cm³/mol. The van der Waals surface area contributed by atoms with E-state index in [0.29, 0.717) is 11.3 Å². The first-order valence-electron chi connectivity index (χ1n) is 6.82. The van der Waals surface area contributed by atoms with E-state index in [2.05, 4.69) is 15.0 Å². The number of nitrogens with one attached hydrogen (secondary N) is 1. The fraction of sp³-hybridized carbons (Fsp3) is 0.188. The molecular formula is C16H14F2N2O3S. The minimum Gasteiger partial charge on any atom is -0.465 e. The van der Waals surface area contributed by atoms with Crippen molar-refractivity contribution in [2.45, 2.75) is 17.7 Å². The number of carbonyl (C=O) groups excluding carboxylic acids is 2. The van der Waals surface area contributed by atoms with Gasteiger partial charge in [-0.25, -0.2) is 9.78 Å². The Hall–Kier alpha value is -2.48. The number of thioether (sulfide) groups is 1. The van der Waals surface area contributed by atoms with E-state index < -0.39 is 17.6 Å². The lowest BCUT2D eigenvalue weighted by atomic mass is 10.1. The highest BCUT2D eigenvalue weighted by Crippen LogP contribution is 2.27. The third kappa shape index (κ3) is 4.29. The Labute approximate surface area is 141 Å². The summed E-state index contributed by atoms with van der Waals surface area (Å²) in [5.74, 6) is -3.81. The maximum absolute atomic E-state index is 12.6. The van der Waals surface area contributed by atoms with Crippen molar-refractivity contribution in [1.82, 2.24) is 4.98 Å². The average Bonchev–Trinajstić information content (AvgIpc) is 2.56. The second kappa shape index (κ2) is 7.87. The number of nitrogens with zero attached hydrogens (tertiary/aromatic N) is 1. The number of esters is 1. The Bertz CT molecular complexity index is 769. The first-order valence-corrected chi connectivity index (χ1v) is 7.70. The van der Waals surface area contributed by atoms with Crippen LogP contribution in [0.4, 0.5) is 14.5 Å². The van der Waals surface area contributed by atoms with Gasteiger partial charge in [0.2, 0.25) is 0 Å². The van der Waals surface area contributed by atoms with E-state index in [1.165, 1.54) is 31.5 Å². The summed E-state index contributed by atoms with van der Waals surface area (Å²) < 4.78 is 29.8. The Balaban J connectivity index is 2.29. The monoisotopic (exact) mass is 352 g/mol. The third-order valence-corrected chi connectivity index (χ3v) is 3.85. The van der Waals surface area contributed by atoms with Crippen molar-refractivity contribution in [1.29, 1.82) is 0 Å². The number of aryl methyl sites for hydroxylation is 1. The molecule has 0 saturated heterocycles. The van der Waals surface area contributed by atoms with E-state index >= 15 is 0 Å². The van der Waals surface area contributed by atoms with Crippen molar-refractivity contribution in [3.8, 4) is 0 Å². The summed E-state index contributed by atoms with van der Waals surface area (Å²) in [6.07, 6.45) is 1.34. The minimum absolute atomic E-state index is 0.0330. The number of aromatic nitrogens is 1. The molecule has 2 aromatic rings. The maximum Gasteiger partial charge on any atom is 0.337 e. The van der Waals surface area contributed by atoms with Crippen molar-refractivity contribution in [2.75, 3.05) is 12.4 Å². The van der Waals surface area contributed by atoms with Gasteiger partial charge in [-0.15, -0.1) is 0 Å². The third-order valence-electron chi connectivity index (χ3n) is 3.12. The molecule has 0 bridgehead atoms. The molecule has 1 aromatic carbocycles. The van der Waals surface area contributed by atoms with Crippen molar-refractivity contribution < 1.29 is 23.1 Å². The normalized spacial score (nSPS) is 10.5. The van der Waals surface area contributed by atoms with Crippen LogP contribution >= 0.6 is 11.8 Å². The summed E-state index contributed by atoms with van der Waals surface area (Å²) >= 11 is 0.200. The van der Waals surface area contributed by atoms with Crippen molar-refractivity contribution in [3.63, 3.8) is 0 Å². The molecule has 0 aliphatic heterocycles. The van der Waals surface area contributed by atoms with Gasteiger partial charge in [-0.1, -0.05) is 6.07 Å². The lowest BCUT2D eigenvalue weighted by Crippen LogP contribution is -2.15. The summed E-state index contributed by atoms with van der Waals surface area (Å²) in [6, 6.07) is 7.59. The molecular weight excluding hydrogens is 338 g/mol. The number of anilines is 1. The summed E-state index contributed by atoms with van der Waals surface area (Å²) in [5.41, 5.74) is 1.40. The van der Waals surface area contributed by atoms with E-state index in [4.69, 9.17) is 0 Å². The molecule has 0 unspecified atom stereocenters. The molecule has 1 N–H and O–H groups in total. The number of ether oxygens (including phenoxy) is 1. The highest BCUT2D eigenvalue weighted by atomic mass is 32.2. The number of carbonyl (C=O) groups is 2. The summed E-state index contributed by atoms with van der Waals surface area (Å²) in [4.78, 5) is 27.8. The van der Waals surface area contributed by atoms with Gasteiger partial charge in [-0.05, 0) is 48.5 Å².